The first kappa shape index (κ1) is 21.8. The van der Waals surface area contributed by atoms with Gasteiger partial charge in [0.1, 0.15) is 6.04 Å². The molecule has 10 heteroatoms. The molecule has 0 aliphatic carbocycles. The number of aliphatic hydroxyl groups is 1. The van der Waals surface area contributed by atoms with Gasteiger partial charge in [-0.1, -0.05) is 12.8 Å². The second-order valence-corrected chi connectivity index (χ2v) is 6.30. The third-order valence-electron chi connectivity index (χ3n) is 4.36. The van der Waals surface area contributed by atoms with E-state index in [-0.39, 0.29) is 0 Å². The highest BCUT2D eigenvalue weighted by Gasteiger charge is 2.26. The van der Waals surface area contributed by atoms with E-state index in [0.717, 1.165) is 25.7 Å². The molecule has 0 spiro atoms. The molecule has 1 fully saturated rings. The summed E-state index contributed by atoms with van der Waals surface area (Å²) in [5.41, 5.74) is -1.29. The summed E-state index contributed by atoms with van der Waals surface area (Å²) in [7, 11) is 0. The van der Waals surface area contributed by atoms with E-state index in [9.17, 15) is 36.6 Å². The molecule has 0 aromatic heterocycles. The van der Waals surface area contributed by atoms with Crippen LogP contribution in [-0.2, 0) is 9.59 Å². The minimum Gasteiger partial charge on any atom is -0.394 e. The Morgan fingerprint density at radius 3 is 1.93 bits per heavy atom. The lowest BCUT2D eigenvalue weighted by atomic mass is 10.1. The Labute approximate surface area is 157 Å². The third kappa shape index (κ3) is 4.86. The van der Waals surface area contributed by atoms with Crippen LogP contribution in [0.25, 0.3) is 6.08 Å². The number of hydrogen-bond acceptors (Lipinski definition) is 3. The second-order valence-electron chi connectivity index (χ2n) is 6.30. The Balaban J connectivity index is 2.11. The zero-order chi connectivity index (χ0) is 20.8. The number of carbonyl (C=O) groups is 2. The quantitative estimate of drug-likeness (QED) is 0.341. The Morgan fingerprint density at radius 1 is 0.929 bits per heavy atom. The average molecular weight is 406 g/mol. The summed E-state index contributed by atoms with van der Waals surface area (Å²) < 4.78 is 66.5. The van der Waals surface area contributed by atoms with Crippen LogP contribution < -0.4 is 5.32 Å². The lowest BCUT2D eigenvalue weighted by Crippen LogP contribution is -2.50. The molecule has 154 valence electrons. The predicted molar refractivity (Wildman–Crippen MR) is 89.3 cm³/mol. The minimum absolute atomic E-state index is 0.413. The summed E-state index contributed by atoms with van der Waals surface area (Å²) in [5.74, 6) is -12.3. The smallest absolute Gasteiger partial charge is 0.247 e. The Hall–Kier alpha value is -2.49. The lowest BCUT2D eigenvalue weighted by molar-refractivity contribution is -0.136. The van der Waals surface area contributed by atoms with Gasteiger partial charge in [-0.25, -0.2) is 22.0 Å². The highest BCUT2D eigenvalue weighted by Crippen LogP contribution is 2.23. The van der Waals surface area contributed by atoms with E-state index in [1.54, 1.807) is 0 Å². The molecule has 1 atom stereocenters. The number of amides is 2. The summed E-state index contributed by atoms with van der Waals surface area (Å²) in [6, 6.07) is -1.29. The van der Waals surface area contributed by atoms with Crippen molar-refractivity contribution in [3.05, 3.63) is 40.7 Å². The number of hydrogen-bond donors (Lipinski definition) is 2. The van der Waals surface area contributed by atoms with Crippen LogP contribution in [0, 0.1) is 29.1 Å². The number of likely N-dealkylation sites (tertiary alicyclic amines) is 1. The number of nitrogens with one attached hydrogen (secondary N) is 1. The maximum atomic E-state index is 13.6. The number of nitrogens with zero attached hydrogens (tertiary/aromatic N) is 1. The molecule has 0 bridgehead atoms. The molecule has 2 amide bonds. The maximum Gasteiger partial charge on any atom is 0.247 e. The van der Waals surface area contributed by atoms with Crippen molar-refractivity contribution in [2.75, 3.05) is 19.7 Å². The molecule has 1 saturated heterocycles. The van der Waals surface area contributed by atoms with Crippen LogP contribution in [0.5, 0.6) is 0 Å². The van der Waals surface area contributed by atoms with Crippen molar-refractivity contribution in [1.82, 2.24) is 10.2 Å². The zero-order valence-electron chi connectivity index (χ0n) is 14.8. The van der Waals surface area contributed by atoms with Gasteiger partial charge in [0.2, 0.25) is 17.6 Å². The van der Waals surface area contributed by atoms with Crippen LogP contribution in [0.1, 0.15) is 31.2 Å². The van der Waals surface area contributed by atoms with Gasteiger partial charge in [0.25, 0.3) is 0 Å². The Morgan fingerprint density at radius 2 is 1.43 bits per heavy atom. The molecule has 2 N–H and O–H groups in total. The number of benzene rings is 1. The van der Waals surface area contributed by atoms with Crippen LogP contribution in [0.4, 0.5) is 22.0 Å². The van der Waals surface area contributed by atoms with Crippen LogP contribution in [0.3, 0.4) is 0 Å². The number of aliphatic hydroxyl groups excluding tert-OH is 1. The number of halogens is 5. The highest BCUT2D eigenvalue weighted by molar-refractivity contribution is 5.95. The normalized spacial score (nSPS) is 16.1. The highest BCUT2D eigenvalue weighted by atomic mass is 19.2. The van der Waals surface area contributed by atoms with E-state index >= 15 is 0 Å². The molecule has 0 saturated carbocycles. The SMILES string of the molecule is O=C(C=Cc1c(F)c(F)c(F)c(F)c1F)N[C@@H](CO)C(=O)N1CCCCCC1. The molecule has 1 aliphatic rings. The number of carbonyl (C=O) groups excluding carboxylic acids is 2. The Bertz CT molecular complexity index is 748. The molecule has 1 aromatic rings. The molecular weight excluding hydrogens is 387 g/mol. The molecule has 1 aromatic carbocycles. The van der Waals surface area contributed by atoms with E-state index in [1.807, 2.05) is 0 Å². The fourth-order valence-electron chi connectivity index (χ4n) is 2.84. The maximum absolute atomic E-state index is 13.6. The molecule has 1 aliphatic heterocycles. The lowest BCUT2D eigenvalue weighted by Gasteiger charge is -2.25. The van der Waals surface area contributed by atoms with Crippen molar-refractivity contribution in [3.8, 4) is 0 Å². The van der Waals surface area contributed by atoms with Crippen molar-refractivity contribution in [3.63, 3.8) is 0 Å². The van der Waals surface area contributed by atoms with Crippen LogP contribution >= 0.6 is 0 Å². The van der Waals surface area contributed by atoms with Gasteiger partial charge in [0.15, 0.2) is 23.3 Å². The predicted octanol–water partition coefficient (Wildman–Crippen LogP) is 2.28. The monoisotopic (exact) mass is 406 g/mol. The van der Waals surface area contributed by atoms with E-state index in [4.69, 9.17) is 0 Å². The van der Waals surface area contributed by atoms with Crippen LogP contribution in [0.15, 0.2) is 6.08 Å². The molecular formula is C18H19F5N2O3. The fourth-order valence-corrected chi connectivity index (χ4v) is 2.84. The Kier molecular flexibility index (Phi) is 7.50. The molecule has 5 nitrogen and oxygen atoms in total. The third-order valence-corrected chi connectivity index (χ3v) is 4.36. The van der Waals surface area contributed by atoms with Crippen molar-refractivity contribution in [2.24, 2.45) is 0 Å². The van der Waals surface area contributed by atoms with Crippen molar-refractivity contribution >= 4 is 17.9 Å². The summed E-state index contributed by atoms with van der Waals surface area (Å²) in [6.45, 7) is 0.245. The topological polar surface area (TPSA) is 69.6 Å². The molecule has 0 radical (unpaired) electrons. The van der Waals surface area contributed by atoms with Crippen molar-refractivity contribution in [2.45, 2.75) is 31.7 Å². The van der Waals surface area contributed by atoms with Gasteiger partial charge in [0, 0.05) is 19.2 Å². The van der Waals surface area contributed by atoms with Gasteiger partial charge in [-0.05, 0) is 18.9 Å². The van der Waals surface area contributed by atoms with E-state index < -0.39 is 59.1 Å². The minimum atomic E-state index is -2.31. The summed E-state index contributed by atoms with van der Waals surface area (Å²) in [6.07, 6.45) is 4.44. The summed E-state index contributed by atoms with van der Waals surface area (Å²) in [5, 5.41) is 11.5. The van der Waals surface area contributed by atoms with Crippen molar-refractivity contribution in [1.29, 1.82) is 0 Å². The molecule has 1 heterocycles. The van der Waals surface area contributed by atoms with Crippen LogP contribution in [-0.4, -0.2) is 47.6 Å². The molecule has 2 rings (SSSR count). The van der Waals surface area contributed by atoms with Gasteiger partial charge in [-0.3, -0.25) is 9.59 Å². The van der Waals surface area contributed by atoms with Gasteiger partial charge < -0.3 is 15.3 Å². The van der Waals surface area contributed by atoms with Gasteiger partial charge in [-0.2, -0.15) is 0 Å². The van der Waals surface area contributed by atoms with E-state index in [0.29, 0.717) is 25.2 Å². The largest absolute Gasteiger partial charge is 0.394 e. The summed E-state index contributed by atoms with van der Waals surface area (Å²) >= 11 is 0. The summed E-state index contributed by atoms with van der Waals surface area (Å²) in [4.78, 5) is 25.8. The van der Waals surface area contributed by atoms with Crippen molar-refractivity contribution < 1.29 is 36.6 Å². The first-order valence-electron chi connectivity index (χ1n) is 8.67. The average Bonchev–Trinajstić information content (AvgIpc) is 2.98. The standard InChI is InChI=1S/C18H19F5N2O3/c19-13-10(14(20)16(22)17(23)15(13)21)5-6-12(27)24-11(9-26)18(28)25-7-3-1-2-4-8-25/h5-6,11,26H,1-4,7-9H2,(H,24,27)/t11-/m0/s1. The van der Waals surface area contributed by atoms with Crippen LogP contribution in [0.2, 0.25) is 0 Å². The molecule has 0 unspecified atom stereocenters. The van der Waals surface area contributed by atoms with Gasteiger partial charge in [0.05, 0.1) is 12.2 Å². The number of rotatable bonds is 5. The van der Waals surface area contributed by atoms with E-state index in [1.165, 1.54) is 4.90 Å². The second kappa shape index (κ2) is 9.63. The first-order valence-corrected chi connectivity index (χ1v) is 8.67. The first-order chi connectivity index (χ1) is 13.3. The fraction of sp³-hybridized carbons (Fsp3) is 0.444. The van der Waals surface area contributed by atoms with E-state index in [2.05, 4.69) is 5.32 Å². The van der Waals surface area contributed by atoms with Gasteiger partial charge in [-0.15, -0.1) is 0 Å². The zero-order valence-corrected chi connectivity index (χ0v) is 14.8. The van der Waals surface area contributed by atoms with Gasteiger partial charge >= 0.3 is 0 Å². The molecule has 28 heavy (non-hydrogen) atoms.